The first-order chi connectivity index (χ1) is 8.68. The van der Waals surface area contributed by atoms with E-state index in [2.05, 4.69) is 24.1 Å². The molecule has 0 aromatic heterocycles. The molecule has 1 unspecified atom stereocenters. The number of nitrogens with zero attached hydrogens (tertiary/aromatic N) is 1. The first-order valence-electron chi connectivity index (χ1n) is 8.11. The number of hydrogen-bond acceptors (Lipinski definition) is 2. The fraction of sp³-hybridized carbons (Fsp3) is 1.00. The molecular weight excluding hydrogens is 220 g/mol. The molecule has 1 heterocycles. The molecule has 1 atom stereocenters. The Hall–Kier alpha value is -0.0800. The Kier molecular flexibility index (Phi) is 5.50. The van der Waals surface area contributed by atoms with Gasteiger partial charge in [0.2, 0.25) is 0 Å². The van der Waals surface area contributed by atoms with Crippen LogP contribution in [0.25, 0.3) is 0 Å². The molecule has 18 heavy (non-hydrogen) atoms. The van der Waals surface area contributed by atoms with Gasteiger partial charge in [-0.15, -0.1) is 0 Å². The molecule has 2 nitrogen and oxygen atoms in total. The Morgan fingerprint density at radius 2 is 1.83 bits per heavy atom. The predicted molar refractivity (Wildman–Crippen MR) is 78.9 cm³/mol. The number of hydrogen-bond donors (Lipinski definition) is 1. The minimum absolute atomic E-state index is 0.566. The van der Waals surface area contributed by atoms with E-state index >= 15 is 0 Å². The van der Waals surface area contributed by atoms with Gasteiger partial charge in [-0.1, -0.05) is 33.1 Å². The quantitative estimate of drug-likeness (QED) is 0.755. The smallest absolute Gasteiger partial charge is 0.0107 e. The van der Waals surface area contributed by atoms with Gasteiger partial charge in [-0.3, -0.25) is 0 Å². The first-order valence-corrected chi connectivity index (χ1v) is 8.11. The van der Waals surface area contributed by atoms with Gasteiger partial charge >= 0.3 is 0 Å². The molecule has 106 valence electrons. The second-order valence-corrected chi connectivity index (χ2v) is 7.04. The normalized spacial score (nSPS) is 29.3. The number of likely N-dealkylation sites (tertiary alicyclic amines) is 1. The van der Waals surface area contributed by atoms with E-state index in [0.29, 0.717) is 5.41 Å². The van der Waals surface area contributed by atoms with Gasteiger partial charge in [0.1, 0.15) is 0 Å². The van der Waals surface area contributed by atoms with E-state index in [0.717, 1.165) is 5.92 Å². The minimum Gasteiger partial charge on any atom is -0.315 e. The third-order valence-electron chi connectivity index (χ3n) is 5.17. The van der Waals surface area contributed by atoms with Crippen LogP contribution in [0.2, 0.25) is 0 Å². The van der Waals surface area contributed by atoms with Crippen LogP contribution in [-0.2, 0) is 0 Å². The van der Waals surface area contributed by atoms with Crippen LogP contribution in [0.4, 0.5) is 0 Å². The lowest BCUT2D eigenvalue weighted by Gasteiger charge is -2.39. The van der Waals surface area contributed by atoms with Crippen LogP contribution >= 0.6 is 0 Å². The lowest BCUT2D eigenvalue weighted by atomic mass is 9.69. The second kappa shape index (κ2) is 6.91. The van der Waals surface area contributed by atoms with Gasteiger partial charge in [-0.05, 0) is 56.7 Å². The molecule has 0 spiro atoms. The molecule has 2 fully saturated rings. The Morgan fingerprint density at radius 3 is 2.56 bits per heavy atom. The molecule has 2 rings (SSSR count). The van der Waals surface area contributed by atoms with Crippen LogP contribution in [0.3, 0.4) is 0 Å². The number of nitrogens with one attached hydrogen (secondary N) is 1. The minimum atomic E-state index is 0.566. The Morgan fingerprint density at radius 1 is 1.06 bits per heavy atom. The van der Waals surface area contributed by atoms with Gasteiger partial charge in [0.15, 0.2) is 0 Å². The fourth-order valence-electron chi connectivity index (χ4n) is 3.64. The van der Waals surface area contributed by atoms with Crippen LogP contribution in [-0.4, -0.2) is 37.6 Å². The molecule has 1 saturated heterocycles. The number of piperidine rings is 1. The Bertz CT molecular complexity index is 231. The van der Waals surface area contributed by atoms with E-state index in [4.69, 9.17) is 0 Å². The maximum absolute atomic E-state index is 3.72. The molecule has 2 heteroatoms. The van der Waals surface area contributed by atoms with Crippen molar-refractivity contribution in [1.29, 1.82) is 0 Å². The molecule has 0 aromatic carbocycles. The highest BCUT2D eigenvalue weighted by molar-refractivity contribution is 4.84. The third-order valence-corrected chi connectivity index (χ3v) is 5.17. The zero-order valence-electron chi connectivity index (χ0n) is 12.5. The van der Waals surface area contributed by atoms with E-state index < -0.39 is 0 Å². The maximum atomic E-state index is 3.72. The maximum Gasteiger partial charge on any atom is 0.0107 e. The third kappa shape index (κ3) is 4.24. The zero-order chi connectivity index (χ0) is 12.8. The van der Waals surface area contributed by atoms with Crippen LogP contribution in [0.1, 0.15) is 58.8 Å². The molecule has 1 saturated carbocycles. The monoisotopic (exact) mass is 252 g/mol. The van der Waals surface area contributed by atoms with Crippen molar-refractivity contribution >= 4 is 0 Å². The van der Waals surface area contributed by atoms with Gasteiger partial charge in [0.05, 0.1) is 0 Å². The largest absolute Gasteiger partial charge is 0.315 e. The van der Waals surface area contributed by atoms with Crippen molar-refractivity contribution in [1.82, 2.24) is 10.2 Å². The van der Waals surface area contributed by atoms with Crippen molar-refractivity contribution in [3.63, 3.8) is 0 Å². The first kappa shape index (κ1) is 14.3. The summed E-state index contributed by atoms with van der Waals surface area (Å²) in [5.74, 6) is 0.896. The van der Waals surface area contributed by atoms with E-state index in [-0.39, 0.29) is 0 Å². The summed E-state index contributed by atoms with van der Waals surface area (Å²) >= 11 is 0. The predicted octanol–water partition coefficient (Wildman–Crippen LogP) is 3.28. The van der Waals surface area contributed by atoms with Crippen LogP contribution in [0.5, 0.6) is 0 Å². The lowest BCUT2D eigenvalue weighted by molar-refractivity contribution is 0.133. The summed E-state index contributed by atoms with van der Waals surface area (Å²) in [7, 11) is 0. The highest BCUT2D eigenvalue weighted by atomic mass is 15.1. The molecule has 2 aliphatic rings. The van der Waals surface area contributed by atoms with Gasteiger partial charge in [0, 0.05) is 13.1 Å². The molecular formula is C16H32N2. The van der Waals surface area contributed by atoms with E-state index in [1.165, 1.54) is 77.7 Å². The van der Waals surface area contributed by atoms with Gasteiger partial charge < -0.3 is 10.2 Å². The van der Waals surface area contributed by atoms with Crippen molar-refractivity contribution in [3.8, 4) is 0 Å². The van der Waals surface area contributed by atoms with Crippen molar-refractivity contribution in [3.05, 3.63) is 0 Å². The van der Waals surface area contributed by atoms with Crippen LogP contribution < -0.4 is 5.32 Å². The van der Waals surface area contributed by atoms with Crippen molar-refractivity contribution in [2.45, 2.75) is 58.8 Å². The average Bonchev–Trinajstić information content (AvgIpc) is 2.37. The van der Waals surface area contributed by atoms with Crippen LogP contribution in [0, 0.1) is 11.3 Å². The summed E-state index contributed by atoms with van der Waals surface area (Å²) < 4.78 is 0. The molecule has 0 amide bonds. The Balaban J connectivity index is 1.59. The lowest BCUT2D eigenvalue weighted by Crippen LogP contribution is -2.40. The molecule has 1 aliphatic heterocycles. The highest BCUT2D eigenvalue weighted by Crippen LogP contribution is 2.39. The summed E-state index contributed by atoms with van der Waals surface area (Å²) in [6.45, 7) is 11.3. The second-order valence-electron chi connectivity index (χ2n) is 7.04. The zero-order valence-corrected chi connectivity index (χ0v) is 12.5. The van der Waals surface area contributed by atoms with Crippen molar-refractivity contribution in [2.24, 2.45) is 11.3 Å². The molecule has 1 N–H and O–H groups in total. The molecule has 0 aromatic rings. The van der Waals surface area contributed by atoms with Crippen LogP contribution in [0.15, 0.2) is 0 Å². The topological polar surface area (TPSA) is 15.3 Å². The van der Waals surface area contributed by atoms with Crippen molar-refractivity contribution < 1.29 is 0 Å². The summed E-state index contributed by atoms with van der Waals surface area (Å²) in [5, 5.41) is 3.72. The SMILES string of the molecule is CC1(C)CCCCC1CNCCN1CCCCC1. The Labute approximate surface area is 114 Å². The molecule has 1 aliphatic carbocycles. The highest BCUT2D eigenvalue weighted by Gasteiger charge is 2.31. The van der Waals surface area contributed by atoms with Gasteiger partial charge in [-0.25, -0.2) is 0 Å². The van der Waals surface area contributed by atoms with E-state index in [1.54, 1.807) is 0 Å². The van der Waals surface area contributed by atoms with E-state index in [1.807, 2.05) is 0 Å². The summed E-state index contributed by atoms with van der Waals surface area (Å²) in [5.41, 5.74) is 0.566. The summed E-state index contributed by atoms with van der Waals surface area (Å²) in [4.78, 5) is 2.63. The molecule has 0 radical (unpaired) electrons. The fourth-order valence-corrected chi connectivity index (χ4v) is 3.64. The standard InChI is InChI=1S/C16H32N2/c1-16(2)9-5-4-8-15(16)14-17-10-13-18-11-6-3-7-12-18/h15,17H,3-14H2,1-2H3. The molecule has 0 bridgehead atoms. The van der Waals surface area contributed by atoms with E-state index in [9.17, 15) is 0 Å². The number of rotatable bonds is 5. The van der Waals surface area contributed by atoms with Gasteiger partial charge in [-0.2, -0.15) is 0 Å². The summed E-state index contributed by atoms with van der Waals surface area (Å²) in [6, 6.07) is 0. The summed E-state index contributed by atoms with van der Waals surface area (Å²) in [6.07, 6.45) is 10.0. The van der Waals surface area contributed by atoms with Gasteiger partial charge in [0.25, 0.3) is 0 Å². The average molecular weight is 252 g/mol. The van der Waals surface area contributed by atoms with Crippen molar-refractivity contribution in [2.75, 3.05) is 32.7 Å².